The van der Waals surface area contributed by atoms with Crippen molar-refractivity contribution in [1.82, 2.24) is 4.57 Å². The first-order valence-electron chi connectivity index (χ1n) is 14.9. The summed E-state index contributed by atoms with van der Waals surface area (Å²) in [4.78, 5) is 62.5. The van der Waals surface area contributed by atoms with Gasteiger partial charge in [-0.05, 0) is 49.6 Å². The zero-order chi connectivity index (χ0) is 33.3. The largest absolute Gasteiger partial charge is 0.496 e. The number of aryl methyl sites for hydroxylation is 1. The van der Waals surface area contributed by atoms with Crippen LogP contribution in [0.15, 0.2) is 47.3 Å². The third-order valence-electron chi connectivity index (χ3n) is 8.20. The Kier molecular flexibility index (Phi) is 8.91. The summed E-state index contributed by atoms with van der Waals surface area (Å²) < 4.78 is 25.8. The third kappa shape index (κ3) is 6.19. The molecule has 12 heteroatoms. The smallest absolute Gasteiger partial charge is 0.306 e. The standard InChI is InChI=1S/C34H35NO11/c1-34(2)33(45-27(41)14-8-12-25(38)39)32(44-26(40)13-7-11-24(36)37)29-23(46-34)17-22(43-4)28-30(29)35(3)21-16-19-10-6-5-9-18(19)15-20(21)31(28)42/h5-6,9-10,15-17,32-33H,7-8,11-14H2,1-4H3,(H,36,37)(H,38,39)/t32-,33-/m1/s1. The van der Waals surface area contributed by atoms with Crippen molar-refractivity contribution in [2.24, 2.45) is 7.05 Å². The van der Waals surface area contributed by atoms with Gasteiger partial charge in [-0.25, -0.2) is 0 Å². The lowest BCUT2D eigenvalue weighted by molar-refractivity contribution is -0.190. The van der Waals surface area contributed by atoms with Crippen molar-refractivity contribution < 1.29 is 48.3 Å². The summed E-state index contributed by atoms with van der Waals surface area (Å²) in [7, 11) is 3.19. The molecule has 0 spiro atoms. The normalized spacial score (nSPS) is 16.9. The van der Waals surface area contributed by atoms with Gasteiger partial charge in [0.2, 0.25) is 5.43 Å². The van der Waals surface area contributed by atoms with E-state index in [0.717, 1.165) is 10.8 Å². The average molecular weight is 634 g/mol. The minimum atomic E-state index is -1.28. The van der Waals surface area contributed by atoms with E-state index in [0.29, 0.717) is 16.4 Å². The van der Waals surface area contributed by atoms with E-state index in [-0.39, 0.29) is 66.4 Å². The molecule has 0 amide bonds. The van der Waals surface area contributed by atoms with E-state index in [1.54, 1.807) is 31.5 Å². The number of rotatable bonds is 11. The predicted molar refractivity (Wildman–Crippen MR) is 167 cm³/mol. The number of nitrogens with zero attached hydrogens (tertiary/aromatic N) is 1. The van der Waals surface area contributed by atoms with Crippen LogP contribution in [0.2, 0.25) is 0 Å². The molecule has 0 radical (unpaired) electrons. The Morgan fingerprint density at radius 3 is 2.07 bits per heavy atom. The Labute approximate surface area is 263 Å². The monoisotopic (exact) mass is 633 g/mol. The van der Waals surface area contributed by atoms with Crippen molar-refractivity contribution in [3.63, 3.8) is 0 Å². The summed E-state index contributed by atoms with van der Waals surface area (Å²) in [5, 5.41) is 20.5. The fraction of sp³-hybridized carbons (Fsp3) is 0.382. The maximum absolute atomic E-state index is 14.2. The molecule has 46 heavy (non-hydrogen) atoms. The van der Waals surface area contributed by atoms with Crippen LogP contribution in [0.25, 0.3) is 32.6 Å². The number of carbonyl (C=O) groups excluding carboxylic acids is 2. The first-order valence-corrected chi connectivity index (χ1v) is 14.9. The van der Waals surface area contributed by atoms with Gasteiger partial charge in [-0.15, -0.1) is 0 Å². The summed E-state index contributed by atoms with van der Waals surface area (Å²) in [6.07, 6.45) is -3.36. The summed E-state index contributed by atoms with van der Waals surface area (Å²) in [5.74, 6) is -3.10. The van der Waals surface area contributed by atoms with E-state index < -0.39 is 41.7 Å². The number of pyridine rings is 1. The Balaban J connectivity index is 1.73. The number of aliphatic carboxylic acids is 2. The highest BCUT2D eigenvalue weighted by Crippen LogP contribution is 2.49. The summed E-state index contributed by atoms with van der Waals surface area (Å²) in [6, 6.07) is 12.9. The zero-order valence-corrected chi connectivity index (χ0v) is 26.0. The van der Waals surface area contributed by atoms with Crippen molar-refractivity contribution >= 4 is 56.5 Å². The second-order valence-electron chi connectivity index (χ2n) is 11.8. The maximum Gasteiger partial charge on any atom is 0.306 e. The van der Waals surface area contributed by atoms with Gasteiger partial charge in [-0.2, -0.15) is 0 Å². The molecule has 0 bridgehead atoms. The number of fused-ring (bicyclic) bond motifs is 5. The van der Waals surface area contributed by atoms with Crippen LogP contribution in [-0.4, -0.2) is 57.5 Å². The molecule has 2 heterocycles. The topological polar surface area (TPSA) is 168 Å². The van der Waals surface area contributed by atoms with Gasteiger partial charge in [0.25, 0.3) is 0 Å². The van der Waals surface area contributed by atoms with Gasteiger partial charge >= 0.3 is 23.9 Å². The Morgan fingerprint density at radius 1 is 0.891 bits per heavy atom. The predicted octanol–water partition coefficient (Wildman–Crippen LogP) is 5.03. The number of aromatic nitrogens is 1. The van der Waals surface area contributed by atoms with Crippen LogP contribution in [-0.2, 0) is 35.7 Å². The van der Waals surface area contributed by atoms with Crippen LogP contribution in [0.3, 0.4) is 0 Å². The summed E-state index contributed by atoms with van der Waals surface area (Å²) in [6.45, 7) is 3.30. The van der Waals surface area contributed by atoms with E-state index in [9.17, 15) is 24.0 Å². The van der Waals surface area contributed by atoms with Crippen LogP contribution in [0.5, 0.6) is 11.5 Å². The highest BCUT2D eigenvalue weighted by molar-refractivity contribution is 6.04. The molecule has 2 N–H and O–H groups in total. The second-order valence-corrected chi connectivity index (χ2v) is 11.8. The van der Waals surface area contributed by atoms with Gasteiger partial charge in [-0.3, -0.25) is 24.0 Å². The van der Waals surface area contributed by atoms with Crippen molar-refractivity contribution in [2.45, 2.75) is 70.2 Å². The number of hydrogen-bond acceptors (Lipinski definition) is 9. The highest BCUT2D eigenvalue weighted by Gasteiger charge is 2.50. The molecular weight excluding hydrogens is 598 g/mol. The third-order valence-corrected chi connectivity index (χ3v) is 8.20. The molecular formula is C34H35NO11. The number of carbonyl (C=O) groups is 4. The molecule has 0 aliphatic carbocycles. The molecule has 4 aromatic rings. The first-order chi connectivity index (χ1) is 21.8. The Hall–Kier alpha value is -5.13. The molecule has 242 valence electrons. The number of benzene rings is 3. The second kappa shape index (κ2) is 12.7. The Bertz CT molecular complexity index is 1940. The van der Waals surface area contributed by atoms with Gasteiger partial charge in [0.1, 0.15) is 17.1 Å². The van der Waals surface area contributed by atoms with Crippen molar-refractivity contribution in [2.75, 3.05) is 7.11 Å². The number of esters is 2. The lowest BCUT2D eigenvalue weighted by Gasteiger charge is -2.44. The van der Waals surface area contributed by atoms with Gasteiger partial charge in [-0.1, -0.05) is 24.3 Å². The zero-order valence-electron chi connectivity index (χ0n) is 26.0. The average Bonchev–Trinajstić information content (AvgIpc) is 2.99. The van der Waals surface area contributed by atoms with E-state index in [1.807, 2.05) is 36.4 Å². The molecule has 3 aromatic carbocycles. The fourth-order valence-corrected chi connectivity index (χ4v) is 6.02. The van der Waals surface area contributed by atoms with Crippen LogP contribution in [0, 0.1) is 0 Å². The van der Waals surface area contributed by atoms with Gasteiger partial charge in [0.15, 0.2) is 12.2 Å². The first kappa shape index (κ1) is 32.3. The number of hydrogen-bond donors (Lipinski definition) is 2. The highest BCUT2D eigenvalue weighted by atomic mass is 16.6. The van der Waals surface area contributed by atoms with Crippen LogP contribution in [0.4, 0.5) is 0 Å². The quantitative estimate of drug-likeness (QED) is 0.168. The molecule has 2 atom stereocenters. The van der Waals surface area contributed by atoms with E-state index in [2.05, 4.69) is 0 Å². The van der Waals surface area contributed by atoms with E-state index >= 15 is 0 Å². The molecule has 0 unspecified atom stereocenters. The molecule has 5 rings (SSSR count). The molecule has 12 nitrogen and oxygen atoms in total. The van der Waals surface area contributed by atoms with Crippen molar-refractivity contribution in [1.29, 1.82) is 0 Å². The van der Waals surface area contributed by atoms with Crippen molar-refractivity contribution in [3.8, 4) is 11.5 Å². The number of ether oxygens (including phenoxy) is 4. The van der Waals surface area contributed by atoms with E-state index in [4.69, 9.17) is 29.2 Å². The van der Waals surface area contributed by atoms with Crippen LogP contribution in [0.1, 0.15) is 64.0 Å². The molecule has 0 saturated heterocycles. The number of carboxylic acid groups (broad SMARTS) is 2. The number of methoxy groups -OCH3 is 1. The maximum atomic E-state index is 14.2. The molecule has 1 aromatic heterocycles. The lowest BCUT2D eigenvalue weighted by atomic mass is 9.86. The Morgan fingerprint density at radius 2 is 1.48 bits per heavy atom. The summed E-state index contributed by atoms with van der Waals surface area (Å²) >= 11 is 0. The molecule has 1 aliphatic heterocycles. The van der Waals surface area contributed by atoms with Gasteiger partial charge < -0.3 is 33.7 Å². The fourth-order valence-electron chi connectivity index (χ4n) is 6.02. The molecule has 1 aliphatic rings. The van der Waals surface area contributed by atoms with Gasteiger partial charge in [0, 0.05) is 44.2 Å². The minimum absolute atomic E-state index is 0.0207. The summed E-state index contributed by atoms with van der Waals surface area (Å²) in [5.41, 5.74) is -0.392. The lowest BCUT2D eigenvalue weighted by Crippen LogP contribution is -2.52. The minimum Gasteiger partial charge on any atom is -0.496 e. The molecule has 0 fully saturated rings. The van der Waals surface area contributed by atoms with Gasteiger partial charge in [0.05, 0.1) is 29.1 Å². The SMILES string of the molecule is COc1cc2c(c3c1c(=O)c1cc4ccccc4cc1n3C)[C@@H](OC(=O)CCCC(=O)O)[C@@H](OC(=O)CCCC(=O)O)C(C)(C)O2. The molecule has 0 saturated carbocycles. The van der Waals surface area contributed by atoms with Crippen LogP contribution < -0.4 is 14.9 Å². The van der Waals surface area contributed by atoms with Crippen LogP contribution >= 0.6 is 0 Å². The van der Waals surface area contributed by atoms with Crippen molar-refractivity contribution in [3.05, 3.63) is 58.3 Å². The van der Waals surface area contributed by atoms with E-state index in [1.165, 1.54) is 7.11 Å². The number of carboxylic acids is 2.